The van der Waals surface area contributed by atoms with Gasteiger partial charge in [-0.3, -0.25) is 0 Å². The molecule has 1 N–H and O–H groups in total. The fourth-order valence-corrected chi connectivity index (χ4v) is 2.00. The maximum Gasteiger partial charge on any atom is 0.123 e. The van der Waals surface area contributed by atoms with Gasteiger partial charge in [0.2, 0.25) is 0 Å². The summed E-state index contributed by atoms with van der Waals surface area (Å²) in [6.07, 6.45) is 2.57. The standard InChI is InChI=1S/C16H27NO2/c1-13(2)19-12-8-7-11-17-14(3)15-9-5-6-10-16(15)18-4/h5-6,9-10,13-14,17H,7-8,11-12H2,1-4H3. The highest BCUT2D eigenvalue weighted by atomic mass is 16.5. The van der Waals surface area contributed by atoms with Crippen LogP contribution in [-0.4, -0.2) is 26.4 Å². The van der Waals surface area contributed by atoms with Crippen LogP contribution in [0.3, 0.4) is 0 Å². The normalized spacial score (nSPS) is 12.7. The molecule has 0 radical (unpaired) electrons. The van der Waals surface area contributed by atoms with Crippen LogP contribution in [0.5, 0.6) is 5.75 Å². The van der Waals surface area contributed by atoms with Crippen molar-refractivity contribution in [2.75, 3.05) is 20.3 Å². The van der Waals surface area contributed by atoms with Gasteiger partial charge in [-0.2, -0.15) is 0 Å². The minimum atomic E-state index is 0.308. The number of methoxy groups -OCH3 is 1. The lowest BCUT2D eigenvalue weighted by molar-refractivity contribution is 0.0759. The van der Waals surface area contributed by atoms with E-state index >= 15 is 0 Å². The molecule has 0 aliphatic rings. The van der Waals surface area contributed by atoms with Crippen LogP contribution in [0.2, 0.25) is 0 Å². The van der Waals surface area contributed by atoms with E-state index in [2.05, 4.69) is 32.2 Å². The fraction of sp³-hybridized carbons (Fsp3) is 0.625. The first-order chi connectivity index (χ1) is 9.15. The van der Waals surface area contributed by atoms with E-state index in [1.54, 1.807) is 7.11 Å². The highest BCUT2D eigenvalue weighted by Crippen LogP contribution is 2.24. The minimum Gasteiger partial charge on any atom is -0.496 e. The maximum absolute atomic E-state index is 5.52. The molecule has 0 heterocycles. The number of ether oxygens (including phenoxy) is 2. The molecule has 1 unspecified atom stereocenters. The predicted molar refractivity (Wildman–Crippen MR) is 79.7 cm³/mol. The van der Waals surface area contributed by atoms with Gasteiger partial charge in [-0.1, -0.05) is 18.2 Å². The lowest BCUT2D eigenvalue weighted by Gasteiger charge is -2.17. The summed E-state index contributed by atoms with van der Waals surface area (Å²) in [7, 11) is 1.72. The Hall–Kier alpha value is -1.06. The molecule has 0 spiro atoms. The monoisotopic (exact) mass is 265 g/mol. The van der Waals surface area contributed by atoms with Gasteiger partial charge in [-0.05, 0) is 46.2 Å². The summed E-state index contributed by atoms with van der Waals surface area (Å²) < 4.78 is 10.9. The summed E-state index contributed by atoms with van der Waals surface area (Å²) in [5.74, 6) is 0.950. The summed E-state index contributed by atoms with van der Waals surface area (Å²) in [5.41, 5.74) is 1.21. The second-order valence-corrected chi connectivity index (χ2v) is 5.04. The molecule has 3 nitrogen and oxygen atoms in total. The van der Waals surface area contributed by atoms with Crippen LogP contribution >= 0.6 is 0 Å². The Balaban J connectivity index is 2.25. The Labute approximate surface area is 117 Å². The van der Waals surface area contributed by atoms with Crippen molar-refractivity contribution < 1.29 is 9.47 Å². The number of unbranched alkanes of at least 4 members (excludes halogenated alkanes) is 1. The van der Waals surface area contributed by atoms with Crippen LogP contribution in [-0.2, 0) is 4.74 Å². The van der Waals surface area contributed by atoms with Gasteiger partial charge in [0.05, 0.1) is 13.2 Å². The summed E-state index contributed by atoms with van der Waals surface area (Å²) in [6, 6.07) is 8.47. The van der Waals surface area contributed by atoms with Gasteiger partial charge in [-0.25, -0.2) is 0 Å². The smallest absolute Gasteiger partial charge is 0.123 e. The molecule has 1 rings (SSSR count). The van der Waals surface area contributed by atoms with Gasteiger partial charge in [-0.15, -0.1) is 0 Å². The van der Waals surface area contributed by atoms with E-state index in [0.717, 1.165) is 31.7 Å². The fourth-order valence-electron chi connectivity index (χ4n) is 2.00. The van der Waals surface area contributed by atoms with E-state index in [1.165, 1.54) is 5.56 Å². The first kappa shape index (κ1) is 16.0. The molecule has 1 aromatic rings. The Kier molecular flexibility index (Phi) is 7.53. The molecule has 1 atom stereocenters. The van der Waals surface area contributed by atoms with E-state index in [4.69, 9.17) is 9.47 Å². The van der Waals surface area contributed by atoms with Crippen molar-refractivity contribution in [3.63, 3.8) is 0 Å². The Morgan fingerprint density at radius 1 is 1.11 bits per heavy atom. The van der Waals surface area contributed by atoms with Crippen molar-refractivity contribution in [2.24, 2.45) is 0 Å². The number of para-hydroxylation sites is 1. The van der Waals surface area contributed by atoms with Gasteiger partial charge in [0.1, 0.15) is 5.75 Å². The van der Waals surface area contributed by atoms with Gasteiger partial charge in [0, 0.05) is 18.2 Å². The Morgan fingerprint density at radius 3 is 2.53 bits per heavy atom. The van der Waals surface area contributed by atoms with Crippen LogP contribution in [0.15, 0.2) is 24.3 Å². The van der Waals surface area contributed by atoms with E-state index in [1.807, 2.05) is 18.2 Å². The van der Waals surface area contributed by atoms with Crippen molar-refractivity contribution in [1.82, 2.24) is 5.32 Å². The van der Waals surface area contributed by atoms with E-state index in [-0.39, 0.29) is 0 Å². The van der Waals surface area contributed by atoms with Crippen molar-refractivity contribution in [1.29, 1.82) is 0 Å². The SMILES string of the molecule is COc1ccccc1C(C)NCCCCOC(C)C. The predicted octanol–water partition coefficient (Wildman–Crippen LogP) is 3.55. The number of rotatable bonds is 9. The zero-order valence-corrected chi connectivity index (χ0v) is 12.6. The molecular formula is C16H27NO2. The van der Waals surface area contributed by atoms with Crippen LogP contribution < -0.4 is 10.1 Å². The highest BCUT2D eigenvalue weighted by Gasteiger charge is 2.09. The summed E-state index contributed by atoms with van der Waals surface area (Å²) in [4.78, 5) is 0. The number of benzene rings is 1. The van der Waals surface area contributed by atoms with E-state index < -0.39 is 0 Å². The van der Waals surface area contributed by atoms with Crippen LogP contribution in [0.4, 0.5) is 0 Å². The van der Waals surface area contributed by atoms with Crippen molar-refractivity contribution in [3.05, 3.63) is 29.8 Å². The molecule has 19 heavy (non-hydrogen) atoms. The minimum absolute atomic E-state index is 0.308. The topological polar surface area (TPSA) is 30.5 Å². The molecule has 0 bridgehead atoms. The summed E-state index contributed by atoms with van der Waals surface area (Å²) in [5, 5.41) is 3.53. The average Bonchev–Trinajstić information content (AvgIpc) is 2.42. The van der Waals surface area contributed by atoms with Crippen LogP contribution in [0.25, 0.3) is 0 Å². The van der Waals surface area contributed by atoms with Crippen molar-refractivity contribution in [3.8, 4) is 5.75 Å². The Bertz CT molecular complexity index is 352. The first-order valence-corrected chi connectivity index (χ1v) is 7.13. The third-order valence-electron chi connectivity index (χ3n) is 3.08. The largest absolute Gasteiger partial charge is 0.496 e. The van der Waals surface area contributed by atoms with Gasteiger partial charge in [0.25, 0.3) is 0 Å². The van der Waals surface area contributed by atoms with Gasteiger partial charge in [0.15, 0.2) is 0 Å². The molecule has 0 amide bonds. The molecule has 108 valence electrons. The number of nitrogens with one attached hydrogen (secondary N) is 1. The third-order valence-corrected chi connectivity index (χ3v) is 3.08. The van der Waals surface area contributed by atoms with E-state index in [0.29, 0.717) is 12.1 Å². The van der Waals surface area contributed by atoms with Crippen LogP contribution in [0, 0.1) is 0 Å². The number of hydrogen-bond acceptors (Lipinski definition) is 3. The molecule has 0 aromatic heterocycles. The maximum atomic E-state index is 5.52. The molecule has 0 saturated carbocycles. The molecule has 0 aliphatic heterocycles. The lowest BCUT2D eigenvalue weighted by Crippen LogP contribution is -2.20. The molecule has 1 aromatic carbocycles. The van der Waals surface area contributed by atoms with Gasteiger partial charge < -0.3 is 14.8 Å². The lowest BCUT2D eigenvalue weighted by atomic mass is 10.1. The molecule has 0 saturated heterocycles. The first-order valence-electron chi connectivity index (χ1n) is 7.13. The van der Waals surface area contributed by atoms with Crippen molar-refractivity contribution in [2.45, 2.75) is 45.8 Å². The Morgan fingerprint density at radius 2 is 1.84 bits per heavy atom. The zero-order chi connectivity index (χ0) is 14.1. The van der Waals surface area contributed by atoms with E-state index in [9.17, 15) is 0 Å². The van der Waals surface area contributed by atoms with Crippen LogP contribution in [0.1, 0.15) is 45.2 Å². The third kappa shape index (κ3) is 6.08. The average molecular weight is 265 g/mol. The zero-order valence-electron chi connectivity index (χ0n) is 12.6. The van der Waals surface area contributed by atoms with Gasteiger partial charge >= 0.3 is 0 Å². The second-order valence-electron chi connectivity index (χ2n) is 5.04. The summed E-state index contributed by atoms with van der Waals surface area (Å²) >= 11 is 0. The van der Waals surface area contributed by atoms with Crippen molar-refractivity contribution >= 4 is 0 Å². The molecule has 0 aliphatic carbocycles. The second kappa shape index (κ2) is 8.94. The summed E-state index contributed by atoms with van der Waals surface area (Å²) in [6.45, 7) is 8.16. The highest BCUT2D eigenvalue weighted by molar-refractivity contribution is 5.35. The number of hydrogen-bond donors (Lipinski definition) is 1. The quantitative estimate of drug-likeness (QED) is 0.693. The molecular weight excluding hydrogens is 238 g/mol. The molecule has 3 heteroatoms. The molecule has 0 fully saturated rings.